The number of nitrogens with one attached hydrogen (secondary N) is 2. The van der Waals surface area contributed by atoms with E-state index in [2.05, 4.69) is 24.5 Å². The van der Waals surface area contributed by atoms with Crippen molar-refractivity contribution in [2.45, 2.75) is 40.2 Å². The SMILES string of the molecule is CC(C)CCOc1cccc(NC(=O)CNc2ccc(OC(C)C)cc2)c1. The molecule has 0 aliphatic carbocycles. The maximum absolute atomic E-state index is 12.2. The van der Waals surface area contributed by atoms with Crippen LogP contribution < -0.4 is 20.1 Å². The highest BCUT2D eigenvalue weighted by molar-refractivity contribution is 5.93. The second-order valence-electron chi connectivity index (χ2n) is 7.15. The second kappa shape index (κ2) is 10.5. The summed E-state index contributed by atoms with van der Waals surface area (Å²) in [6.07, 6.45) is 1.14. The average Bonchev–Trinajstić information content (AvgIpc) is 2.61. The van der Waals surface area contributed by atoms with Crippen molar-refractivity contribution in [2.24, 2.45) is 5.92 Å². The van der Waals surface area contributed by atoms with Crippen LogP contribution in [0.1, 0.15) is 34.1 Å². The normalized spacial score (nSPS) is 10.7. The molecule has 0 fully saturated rings. The van der Waals surface area contributed by atoms with E-state index in [-0.39, 0.29) is 18.6 Å². The third-order valence-electron chi connectivity index (χ3n) is 3.76. The molecular weight excluding hydrogens is 340 g/mol. The van der Waals surface area contributed by atoms with Crippen LogP contribution in [0.15, 0.2) is 48.5 Å². The predicted molar refractivity (Wildman–Crippen MR) is 111 cm³/mol. The van der Waals surface area contributed by atoms with E-state index in [9.17, 15) is 4.79 Å². The minimum absolute atomic E-state index is 0.114. The van der Waals surface area contributed by atoms with E-state index < -0.39 is 0 Å². The molecule has 2 rings (SSSR count). The van der Waals surface area contributed by atoms with Crippen LogP contribution in [0.25, 0.3) is 0 Å². The number of carbonyl (C=O) groups is 1. The minimum Gasteiger partial charge on any atom is -0.494 e. The fraction of sp³-hybridized carbons (Fsp3) is 0.409. The van der Waals surface area contributed by atoms with Crippen LogP contribution in [-0.2, 0) is 4.79 Å². The summed E-state index contributed by atoms with van der Waals surface area (Å²) in [5.41, 5.74) is 1.59. The lowest BCUT2D eigenvalue weighted by Gasteiger charge is -2.12. The van der Waals surface area contributed by atoms with E-state index in [0.29, 0.717) is 12.5 Å². The Balaban J connectivity index is 1.79. The summed E-state index contributed by atoms with van der Waals surface area (Å²) >= 11 is 0. The van der Waals surface area contributed by atoms with Gasteiger partial charge in [0, 0.05) is 17.4 Å². The van der Waals surface area contributed by atoms with Gasteiger partial charge in [-0.25, -0.2) is 0 Å². The van der Waals surface area contributed by atoms with E-state index in [1.807, 2.05) is 62.4 Å². The zero-order chi connectivity index (χ0) is 19.6. The summed E-state index contributed by atoms with van der Waals surface area (Å²) in [4.78, 5) is 12.2. The summed E-state index contributed by atoms with van der Waals surface area (Å²) in [5, 5.41) is 5.99. The lowest BCUT2D eigenvalue weighted by molar-refractivity contribution is -0.114. The highest BCUT2D eigenvalue weighted by Crippen LogP contribution is 2.19. The fourth-order valence-electron chi connectivity index (χ4n) is 2.39. The van der Waals surface area contributed by atoms with E-state index >= 15 is 0 Å². The topological polar surface area (TPSA) is 59.6 Å². The van der Waals surface area contributed by atoms with Crippen LogP contribution in [0.2, 0.25) is 0 Å². The Morgan fingerprint density at radius 2 is 1.70 bits per heavy atom. The van der Waals surface area contributed by atoms with Crippen molar-refractivity contribution in [3.05, 3.63) is 48.5 Å². The predicted octanol–water partition coefficient (Wildman–Crippen LogP) is 4.95. The van der Waals surface area contributed by atoms with Crippen LogP contribution >= 0.6 is 0 Å². The van der Waals surface area contributed by atoms with Gasteiger partial charge in [-0.1, -0.05) is 19.9 Å². The van der Waals surface area contributed by atoms with Gasteiger partial charge in [0.1, 0.15) is 11.5 Å². The van der Waals surface area contributed by atoms with Gasteiger partial charge in [0.2, 0.25) is 5.91 Å². The number of hydrogen-bond donors (Lipinski definition) is 2. The molecular formula is C22H30N2O3. The molecule has 0 heterocycles. The van der Waals surface area contributed by atoms with Gasteiger partial charge in [-0.15, -0.1) is 0 Å². The molecule has 2 aromatic rings. The van der Waals surface area contributed by atoms with E-state index in [0.717, 1.165) is 29.3 Å². The number of hydrogen-bond acceptors (Lipinski definition) is 4. The number of ether oxygens (including phenoxy) is 2. The van der Waals surface area contributed by atoms with Gasteiger partial charge in [-0.3, -0.25) is 4.79 Å². The Kier molecular flexibility index (Phi) is 7.99. The van der Waals surface area contributed by atoms with Gasteiger partial charge in [0.25, 0.3) is 0 Å². The molecule has 0 spiro atoms. The second-order valence-corrected chi connectivity index (χ2v) is 7.15. The number of benzene rings is 2. The molecule has 0 atom stereocenters. The molecule has 5 heteroatoms. The maximum atomic E-state index is 12.2. The van der Waals surface area contributed by atoms with Gasteiger partial charge in [0.15, 0.2) is 0 Å². The highest BCUT2D eigenvalue weighted by Gasteiger charge is 2.05. The van der Waals surface area contributed by atoms with Crippen LogP contribution in [0.5, 0.6) is 11.5 Å². The fourth-order valence-corrected chi connectivity index (χ4v) is 2.39. The van der Waals surface area contributed by atoms with Gasteiger partial charge in [-0.2, -0.15) is 0 Å². The number of amides is 1. The van der Waals surface area contributed by atoms with Gasteiger partial charge in [0.05, 0.1) is 19.3 Å². The molecule has 0 unspecified atom stereocenters. The lowest BCUT2D eigenvalue weighted by Crippen LogP contribution is -2.21. The zero-order valence-electron chi connectivity index (χ0n) is 16.6. The molecule has 1 amide bonds. The quantitative estimate of drug-likeness (QED) is 0.621. The number of anilines is 2. The first-order valence-electron chi connectivity index (χ1n) is 9.45. The number of rotatable bonds is 10. The Labute approximate surface area is 162 Å². The molecule has 0 aliphatic rings. The average molecular weight is 370 g/mol. The third kappa shape index (κ3) is 8.03. The third-order valence-corrected chi connectivity index (χ3v) is 3.76. The van der Waals surface area contributed by atoms with Crippen LogP contribution in [0.4, 0.5) is 11.4 Å². The summed E-state index contributed by atoms with van der Waals surface area (Å²) in [6, 6.07) is 15.0. The molecule has 0 saturated heterocycles. The Bertz CT molecular complexity index is 712. The standard InChI is InChI=1S/C22H30N2O3/c1-16(2)12-13-26-21-7-5-6-19(14-21)24-22(25)15-23-18-8-10-20(11-9-18)27-17(3)4/h5-11,14,16-17,23H,12-13,15H2,1-4H3,(H,24,25). The monoisotopic (exact) mass is 370 g/mol. The highest BCUT2D eigenvalue weighted by atomic mass is 16.5. The smallest absolute Gasteiger partial charge is 0.243 e. The molecule has 2 N–H and O–H groups in total. The zero-order valence-corrected chi connectivity index (χ0v) is 16.6. The van der Waals surface area contributed by atoms with E-state index in [1.165, 1.54) is 0 Å². The Morgan fingerprint density at radius 3 is 2.37 bits per heavy atom. The first-order valence-corrected chi connectivity index (χ1v) is 9.45. The molecule has 0 radical (unpaired) electrons. The molecule has 146 valence electrons. The van der Waals surface area contributed by atoms with Crippen LogP contribution in [-0.4, -0.2) is 25.2 Å². The van der Waals surface area contributed by atoms with Crippen LogP contribution in [0.3, 0.4) is 0 Å². The molecule has 2 aromatic carbocycles. The first kappa shape index (κ1) is 20.6. The molecule has 27 heavy (non-hydrogen) atoms. The summed E-state index contributed by atoms with van der Waals surface area (Å²) in [6.45, 7) is 9.16. The molecule has 0 bridgehead atoms. The van der Waals surface area contributed by atoms with E-state index in [1.54, 1.807) is 0 Å². The van der Waals surface area contributed by atoms with Crippen molar-refractivity contribution in [1.82, 2.24) is 0 Å². The van der Waals surface area contributed by atoms with Crippen molar-refractivity contribution < 1.29 is 14.3 Å². The van der Waals surface area contributed by atoms with Crippen LogP contribution in [0, 0.1) is 5.92 Å². The van der Waals surface area contributed by atoms with Crippen molar-refractivity contribution in [3.63, 3.8) is 0 Å². The van der Waals surface area contributed by atoms with E-state index in [4.69, 9.17) is 9.47 Å². The minimum atomic E-state index is -0.114. The molecule has 0 aromatic heterocycles. The van der Waals surface area contributed by atoms with Gasteiger partial charge in [-0.05, 0) is 62.6 Å². The van der Waals surface area contributed by atoms with Crippen molar-refractivity contribution in [3.8, 4) is 11.5 Å². The molecule has 0 saturated carbocycles. The van der Waals surface area contributed by atoms with Gasteiger partial charge < -0.3 is 20.1 Å². The first-order chi connectivity index (χ1) is 12.9. The number of carbonyl (C=O) groups excluding carboxylic acids is 1. The summed E-state index contributed by atoms with van der Waals surface area (Å²) < 4.78 is 11.3. The molecule has 0 aliphatic heterocycles. The largest absolute Gasteiger partial charge is 0.494 e. The summed E-state index contributed by atoms with van der Waals surface area (Å²) in [7, 11) is 0. The van der Waals surface area contributed by atoms with Crippen molar-refractivity contribution in [1.29, 1.82) is 0 Å². The summed E-state index contributed by atoms with van der Waals surface area (Å²) in [5.74, 6) is 2.07. The Hall–Kier alpha value is -2.69. The van der Waals surface area contributed by atoms with Crippen molar-refractivity contribution >= 4 is 17.3 Å². The maximum Gasteiger partial charge on any atom is 0.243 e. The lowest BCUT2D eigenvalue weighted by atomic mass is 10.1. The Morgan fingerprint density at radius 1 is 0.963 bits per heavy atom. The van der Waals surface area contributed by atoms with Crippen molar-refractivity contribution in [2.75, 3.05) is 23.8 Å². The molecule has 5 nitrogen and oxygen atoms in total. The van der Waals surface area contributed by atoms with Gasteiger partial charge >= 0.3 is 0 Å².